The molecule has 4 N–H and O–H groups in total. The van der Waals surface area contributed by atoms with Gasteiger partial charge in [0.15, 0.2) is 11.3 Å². The van der Waals surface area contributed by atoms with Crippen molar-refractivity contribution in [3.05, 3.63) is 168 Å². The van der Waals surface area contributed by atoms with Gasteiger partial charge in [-0.3, -0.25) is 13.6 Å². The summed E-state index contributed by atoms with van der Waals surface area (Å²) in [6.45, 7) is 16.5. The SMILES string of the molecule is Cc1ccc(S(=O)(=O)n2ccc3c2ncc2c(-c4ccc(C(C)(C)O)cc4)nc([C@@H]4CC[C@H](CC(=O)OC(C)(C)C)C4)n23)cc1.Cc1ccc(S(=O)(=O)n2ccc3c2ncc2c(-c4ccc(C(C)(C)O)cc4)nc([C@@H]4CC[C@H](N)C4)n23)cc1. The van der Waals surface area contributed by atoms with E-state index in [1.165, 1.54) is 7.94 Å². The molecule has 6 heterocycles. The van der Waals surface area contributed by atoms with Gasteiger partial charge in [-0.2, -0.15) is 0 Å². The number of fused-ring (bicyclic) bond motifs is 6. The molecule has 432 valence electrons. The standard InChI is InChI=1S/C35H40N4O5S.C29H31N5O3S/c1-22-7-15-27(16-8-22)45(42,43)38-18-17-28-33(38)36-21-29-31(24-11-13-26(14-12-24)35(5,6)41)37-32(39(28)29)25-10-9-23(19-25)20-30(40)44-34(2,3)4;1-18-4-12-23(13-5-18)38(36,37)33-15-14-24-28(33)31-17-25-26(19-6-9-21(10-7-19)29(2,3)35)32-27(34(24)25)20-8-11-22(30)16-20/h7-8,11-18,21,23,25,41H,9-10,19-20H2,1-6H3;4-7,9-10,12-15,17,20,22,35H,8,11,16,30H2,1-3H3/t23-,25+;20-,22+/m01/s1. The van der Waals surface area contributed by atoms with Gasteiger partial charge in [0.05, 0.1) is 66.8 Å². The van der Waals surface area contributed by atoms with Gasteiger partial charge in [-0.15, -0.1) is 0 Å². The number of hydrogen-bond acceptors (Lipinski definition) is 13. The highest BCUT2D eigenvalue weighted by Gasteiger charge is 2.35. The topological polar surface area (TPSA) is 231 Å². The Bertz CT molecular complexity index is 4310. The van der Waals surface area contributed by atoms with E-state index >= 15 is 0 Å². The fourth-order valence-electron chi connectivity index (χ4n) is 11.7. The minimum absolute atomic E-state index is 0.0528. The van der Waals surface area contributed by atoms with E-state index in [9.17, 15) is 31.8 Å². The third kappa shape index (κ3) is 11.1. The Balaban J connectivity index is 0.000000176. The van der Waals surface area contributed by atoms with Crippen LogP contribution < -0.4 is 5.73 Å². The summed E-state index contributed by atoms with van der Waals surface area (Å²) in [4.78, 5) is 32.6. The van der Waals surface area contributed by atoms with Crippen LogP contribution in [0.1, 0.15) is 139 Å². The number of nitrogens with two attached hydrogens (primary N) is 1. The molecule has 0 spiro atoms. The monoisotopic (exact) mass is 1160 g/mol. The fourth-order valence-corrected chi connectivity index (χ4v) is 14.3. The molecule has 4 aromatic carbocycles. The molecule has 0 saturated heterocycles. The van der Waals surface area contributed by atoms with Gasteiger partial charge in [-0.25, -0.2) is 44.7 Å². The molecule has 83 heavy (non-hydrogen) atoms. The smallest absolute Gasteiger partial charge is 0.306 e. The maximum Gasteiger partial charge on any atom is 0.306 e. The van der Waals surface area contributed by atoms with Crippen LogP contribution in [0.15, 0.2) is 144 Å². The van der Waals surface area contributed by atoms with Gasteiger partial charge in [0.1, 0.15) is 17.2 Å². The van der Waals surface area contributed by atoms with Crippen molar-refractivity contribution in [2.24, 2.45) is 11.7 Å². The van der Waals surface area contributed by atoms with E-state index in [2.05, 4.69) is 9.97 Å². The van der Waals surface area contributed by atoms with Crippen LogP contribution in [0.4, 0.5) is 0 Å². The maximum absolute atomic E-state index is 13.7. The summed E-state index contributed by atoms with van der Waals surface area (Å²) >= 11 is 0. The average Bonchev–Trinajstić information content (AvgIpc) is 2.30. The van der Waals surface area contributed by atoms with Crippen molar-refractivity contribution in [1.82, 2.24) is 36.7 Å². The number of carbonyl (C=O) groups excluding carboxylic acids is 1. The lowest BCUT2D eigenvalue weighted by Crippen LogP contribution is -2.24. The Morgan fingerprint density at radius 3 is 1.36 bits per heavy atom. The van der Waals surface area contributed by atoms with Crippen LogP contribution in [0.25, 0.3) is 55.9 Å². The fraction of sp³-hybridized carbons (Fsp3) is 0.359. The van der Waals surface area contributed by atoms with E-state index in [1.54, 1.807) is 113 Å². The third-order valence-corrected chi connectivity index (χ3v) is 19.5. The number of esters is 1. The number of nitrogens with zero attached hydrogens (tertiary/aromatic N) is 8. The van der Waals surface area contributed by atoms with E-state index in [-0.39, 0.29) is 39.6 Å². The molecule has 0 radical (unpaired) electrons. The summed E-state index contributed by atoms with van der Waals surface area (Å²) in [7, 11) is -7.73. The first-order valence-electron chi connectivity index (χ1n) is 28.2. The van der Waals surface area contributed by atoms with E-state index in [1.807, 2.05) is 92.0 Å². The first-order valence-corrected chi connectivity index (χ1v) is 31.1. The van der Waals surface area contributed by atoms with Gasteiger partial charge in [0.25, 0.3) is 20.0 Å². The second kappa shape index (κ2) is 21.3. The molecule has 12 rings (SSSR count). The first kappa shape index (κ1) is 57.3. The molecule has 0 amide bonds. The van der Waals surface area contributed by atoms with Crippen molar-refractivity contribution >= 4 is 59.4 Å². The predicted octanol–water partition coefficient (Wildman–Crippen LogP) is 11.5. The minimum atomic E-state index is -3.90. The number of rotatable bonds is 12. The van der Waals surface area contributed by atoms with Crippen LogP contribution >= 0.6 is 0 Å². The van der Waals surface area contributed by atoms with E-state index in [4.69, 9.17) is 20.4 Å². The van der Waals surface area contributed by atoms with E-state index < -0.39 is 36.8 Å². The van der Waals surface area contributed by atoms with Crippen molar-refractivity contribution in [3.63, 3.8) is 0 Å². The summed E-state index contributed by atoms with van der Waals surface area (Å²) in [5, 5.41) is 20.9. The van der Waals surface area contributed by atoms with Crippen molar-refractivity contribution < 1.29 is 36.6 Å². The van der Waals surface area contributed by atoms with Crippen LogP contribution in [0.3, 0.4) is 0 Å². The molecule has 6 aromatic heterocycles. The molecule has 0 aliphatic heterocycles. The lowest BCUT2D eigenvalue weighted by Gasteiger charge is -2.20. The lowest BCUT2D eigenvalue weighted by atomic mass is 9.97. The van der Waals surface area contributed by atoms with Crippen molar-refractivity contribution in [1.29, 1.82) is 0 Å². The second-order valence-electron chi connectivity index (χ2n) is 24.6. The molecular formula is C64H71N9O8S2. The number of imidazole rings is 2. The van der Waals surface area contributed by atoms with E-state index in [0.717, 1.165) is 106 Å². The van der Waals surface area contributed by atoms with Gasteiger partial charge in [-0.1, -0.05) is 83.9 Å². The summed E-state index contributed by atoms with van der Waals surface area (Å²) in [5.41, 5.74) is 14.2. The van der Waals surface area contributed by atoms with E-state index in [0.29, 0.717) is 28.7 Å². The normalized spacial score (nSPS) is 18.1. The van der Waals surface area contributed by atoms with Gasteiger partial charge in [0.2, 0.25) is 0 Å². The molecular weight excluding hydrogens is 1090 g/mol. The average molecular weight is 1160 g/mol. The molecule has 2 fully saturated rings. The third-order valence-electron chi connectivity index (χ3n) is 16.1. The van der Waals surface area contributed by atoms with Gasteiger partial charge >= 0.3 is 5.97 Å². The Morgan fingerprint density at radius 1 is 0.566 bits per heavy atom. The highest BCUT2D eigenvalue weighted by molar-refractivity contribution is 7.90. The van der Waals surface area contributed by atoms with Crippen LogP contribution in [-0.2, 0) is 40.8 Å². The van der Waals surface area contributed by atoms with Crippen LogP contribution in [0.5, 0.6) is 0 Å². The quantitative estimate of drug-likeness (QED) is 0.0968. The van der Waals surface area contributed by atoms with Crippen LogP contribution in [0.2, 0.25) is 0 Å². The number of aromatic nitrogens is 8. The molecule has 10 aromatic rings. The molecule has 0 unspecified atom stereocenters. The summed E-state index contributed by atoms with van der Waals surface area (Å²) in [6.07, 6.45) is 12.0. The van der Waals surface area contributed by atoms with Gasteiger partial charge < -0.3 is 20.7 Å². The Kier molecular flexibility index (Phi) is 14.7. The highest BCUT2D eigenvalue weighted by atomic mass is 32.2. The Morgan fingerprint density at radius 2 is 0.976 bits per heavy atom. The summed E-state index contributed by atoms with van der Waals surface area (Å²) < 4.78 is 66.7. The molecule has 19 heteroatoms. The van der Waals surface area contributed by atoms with Gasteiger partial charge in [-0.05, 0) is 154 Å². The maximum atomic E-state index is 13.7. The van der Waals surface area contributed by atoms with Gasteiger partial charge in [0, 0.05) is 47.8 Å². The highest BCUT2D eigenvalue weighted by Crippen LogP contribution is 2.43. The number of aryl methyl sites for hydroxylation is 2. The summed E-state index contributed by atoms with van der Waals surface area (Å²) in [5.74, 6) is 1.86. The number of benzene rings is 4. The largest absolute Gasteiger partial charge is 0.460 e. The van der Waals surface area contributed by atoms with Crippen molar-refractivity contribution in [3.8, 4) is 22.5 Å². The lowest BCUT2D eigenvalue weighted by molar-refractivity contribution is -0.155. The molecule has 2 saturated carbocycles. The molecule has 4 atom stereocenters. The zero-order chi connectivity index (χ0) is 59.1. The first-order chi connectivity index (χ1) is 39.2. The number of aliphatic hydroxyl groups is 2. The Hall–Kier alpha value is -7.55. The van der Waals surface area contributed by atoms with Crippen LogP contribution in [0, 0.1) is 19.8 Å². The summed E-state index contributed by atoms with van der Waals surface area (Å²) in [6, 6.07) is 32.7. The minimum Gasteiger partial charge on any atom is -0.460 e. The number of hydrogen-bond donors (Lipinski definition) is 3. The number of ether oxygens (including phenoxy) is 1. The zero-order valence-corrected chi connectivity index (χ0v) is 49.9. The number of carbonyl (C=O) groups is 1. The molecule has 2 aliphatic rings. The van der Waals surface area contributed by atoms with Crippen molar-refractivity contribution in [2.45, 2.75) is 152 Å². The Labute approximate surface area is 484 Å². The molecule has 17 nitrogen and oxygen atoms in total. The molecule has 0 bridgehead atoms. The van der Waals surface area contributed by atoms with Crippen molar-refractivity contribution in [2.75, 3.05) is 0 Å². The predicted molar refractivity (Wildman–Crippen MR) is 321 cm³/mol. The van der Waals surface area contributed by atoms with Crippen LogP contribution in [-0.4, -0.2) is 81.3 Å². The zero-order valence-electron chi connectivity index (χ0n) is 48.3. The molecule has 2 aliphatic carbocycles. The second-order valence-corrected chi connectivity index (χ2v) is 28.2.